The number of ether oxygens (including phenoxy) is 2. The van der Waals surface area contributed by atoms with Gasteiger partial charge in [-0.1, -0.05) is 12.1 Å². The van der Waals surface area contributed by atoms with Gasteiger partial charge in [-0.15, -0.1) is 0 Å². The summed E-state index contributed by atoms with van der Waals surface area (Å²) in [5, 5.41) is 0. The second-order valence-electron chi connectivity index (χ2n) is 4.22. The summed E-state index contributed by atoms with van der Waals surface area (Å²) in [6.07, 6.45) is 0. The van der Waals surface area contributed by atoms with Crippen LogP contribution >= 0.6 is 0 Å². The van der Waals surface area contributed by atoms with Crippen molar-refractivity contribution in [1.29, 1.82) is 0 Å². The van der Waals surface area contributed by atoms with Crippen LogP contribution in [0.1, 0.15) is 11.1 Å². The van der Waals surface area contributed by atoms with Crippen LogP contribution in [-0.2, 0) is 6.61 Å². The second kappa shape index (κ2) is 5.45. The van der Waals surface area contributed by atoms with Gasteiger partial charge in [0.25, 0.3) is 0 Å². The van der Waals surface area contributed by atoms with Crippen molar-refractivity contribution < 1.29 is 9.47 Å². The highest BCUT2D eigenvalue weighted by Crippen LogP contribution is 2.20. The third-order valence-electron chi connectivity index (χ3n) is 2.64. The minimum absolute atomic E-state index is 0.521. The largest absolute Gasteiger partial charge is 0.497 e. The standard InChI is InChI=1S/C15H17NO2/c1-11-7-13(16)9-15(8-11)18-10-12-3-5-14(17-2)6-4-12/h3-9H,10,16H2,1-2H3. The van der Waals surface area contributed by atoms with E-state index in [1.807, 2.05) is 49.4 Å². The van der Waals surface area contributed by atoms with Gasteiger partial charge in [0.05, 0.1) is 7.11 Å². The van der Waals surface area contributed by atoms with E-state index in [9.17, 15) is 0 Å². The van der Waals surface area contributed by atoms with Crippen molar-refractivity contribution in [3.63, 3.8) is 0 Å². The van der Waals surface area contributed by atoms with Crippen LogP contribution in [0, 0.1) is 6.92 Å². The summed E-state index contributed by atoms with van der Waals surface area (Å²) < 4.78 is 10.8. The van der Waals surface area contributed by atoms with Gasteiger partial charge in [0.15, 0.2) is 0 Å². The van der Waals surface area contributed by atoms with E-state index in [1.54, 1.807) is 7.11 Å². The third kappa shape index (κ3) is 3.17. The molecule has 0 spiro atoms. The molecule has 0 atom stereocenters. The lowest BCUT2D eigenvalue weighted by molar-refractivity contribution is 0.306. The Morgan fingerprint density at radius 1 is 1.00 bits per heavy atom. The molecule has 0 aliphatic carbocycles. The zero-order valence-corrected chi connectivity index (χ0v) is 10.6. The number of nitrogens with two attached hydrogens (primary N) is 1. The summed E-state index contributed by atoms with van der Waals surface area (Å²) in [7, 11) is 1.65. The third-order valence-corrected chi connectivity index (χ3v) is 2.64. The molecule has 0 bridgehead atoms. The highest BCUT2D eigenvalue weighted by molar-refractivity contribution is 5.47. The number of aryl methyl sites for hydroxylation is 1. The van der Waals surface area contributed by atoms with Gasteiger partial charge in [-0.25, -0.2) is 0 Å². The van der Waals surface area contributed by atoms with Gasteiger partial charge in [-0.3, -0.25) is 0 Å². The molecule has 0 aliphatic rings. The molecule has 0 aromatic heterocycles. The number of hydrogen-bond donors (Lipinski definition) is 1. The molecule has 0 unspecified atom stereocenters. The van der Waals surface area contributed by atoms with E-state index in [2.05, 4.69) is 0 Å². The summed E-state index contributed by atoms with van der Waals surface area (Å²) in [5.41, 5.74) is 8.68. The van der Waals surface area contributed by atoms with E-state index in [0.29, 0.717) is 6.61 Å². The molecule has 2 aromatic carbocycles. The Morgan fingerprint density at radius 2 is 1.72 bits per heavy atom. The van der Waals surface area contributed by atoms with E-state index < -0.39 is 0 Å². The van der Waals surface area contributed by atoms with Crippen LogP contribution in [0.4, 0.5) is 5.69 Å². The van der Waals surface area contributed by atoms with Gasteiger partial charge in [0.2, 0.25) is 0 Å². The van der Waals surface area contributed by atoms with Crippen molar-refractivity contribution in [1.82, 2.24) is 0 Å². The summed E-state index contributed by atoms with van der Waals surface area (Å²) >= 11 is 0. The van der Waals surface area contributed by atoms with Crippen LogP contribution in [-0.4, -0.2) is 7.11 Å². The average molecular weight is 243 g/mol. The van der Waals surface area contributed by atoms with E-state index in [0.717, 1.165) is 28.3 Å². The van der Waals surface area contributed by atoms with E-state index >= 15 is 0 Å². The topological polar surface area (TPSA) is 44.5 Å². The SMILES string of the molecule is COc1ccc(COc2cc(C)cc(N)c2)cc1. The number of methoxy groups -OCH3 is 1. The first-order valence-electron chi connectivity index (χ1n) is 5.80. The lowest BCUT2D eigenvalue weighted by Gasteiger charge is -2.08. The number of benzene rings is 2. The molecule has 0 aliphatic heterocycles. The summed E-state index contributed by atoms with van der Waals surface area (Å²) in [5.74, 6) is 1.64. The molecule has 0 radical (unpaired) electrons. The zero-order chi connectivity index (χ0) is 13.0. The van der Waals surface area contributed by atoms with Crippen LogP contribution in [0.5, 0.6) is 11.5 Å². The van der Waals surface area contributed by atoms with Gasteiger partial charge in [0, 0.05) is 11.8 Å². The van der Waals surface area contributed by atoms with Crippen molar-refractivity contribution in [2.24, 2.45) is 0 Å². The summed E-state index contributed by atoms with van der Waals surface area (Å²) in [6, 6.07) is 13.5. The van der Waals surface area contributed by atoms with Crippen LogP contribution in [0.15, 0.2) is 42.5 Å². The highest BCUT2D eigenvalue weighted by atomic mass is 16.5. The normalized spacial score (nSPS) is 10.1. The quantitative estimate of drug-likeness (QED) is 0.839. The molecule has 0 heterocycles. The van der Waals surface area contributed by atoms with Crippen molar-refractivity contribution in [2.45, 2.75) is 13.5 Å². The first kappa shape index (κ1) is 12.3. The van der Waals surface area contributed by atoms with Crippen LogP contribution in [0.25, 0.3) is 0 Å². The second-order valence-corrected chi connectivity index (χ2v) is 4.22. The molecule has 0 amide bonds. The first-order valence-corrected chi connectivity index (χ1v) is 5.80. The lowest BCUT2D eigenvalue weighted by atomic mass is 10.2. The van der Waals surface area contributed by atoms with E-state index in [4.69, 9.17) is 15.2 Å². The number of anilines is 1. The molecule has 0 fully saturated rings. The molecule has 0 saturated carbocycles. The molecule has 3 nitrogen and oxygen atoms in total. The highest BCUT2D eigenvalue weighted by Gasteiger charge is 1.99. The number of rotatable bonds is 4. The Morgan fingerprint density at radius 3 is 2.33 bits per heavy atom. The Balaban J connectivity index is 2.01. The van der Waals surface area contributed by atoms with Crippen LogP contribution in [0.3, 0.4) is 0 Å². The molecule has 2 N–H and O–H groups in total. The van der Waals surface area contributed by atoms with Crippen molar-refractivity contribution >= 4 is 5.69 Å². The maximum Gasteiger partial charge on any atom is 0.122 e. The van der Waals surface area contributed by atoms with Crippen molar-refractivity contribution in [3.05, 3.63) is 53.6 Å². The average Bonchev–Trinajstić information content (AvgIpc) is 2.36. The van der Waals surface area contributed by atoms with Gasteiger partial charge in [0.1, 0.15) is 18.1 Å². The first-order chi connectivity index (χ1) is 8.67. The predicted molar refractivity (Wildman–Crippen MR) is 72.9 cm³/mol. The van der Waals surface area contributed by atoms with E-state index in [-0.39, 0.29) is 0 Å². The Bertz CT molecular complexity index is 500. The Hall–Kier alpha value is -2.16. The number of nitrogen functional groups attached to an aromatic ring is 1. The van der Waals surface area contributed by atoms with Gasteiger partial charge in [-0.05, 0) is 42.3 Å². The number of hydrogen-bond acceptors (Lipinski definition) is 3. The molecule has 94 valence electrons. The smallest absolute Gasteiger partial charge is 0.122 e. The Kier molecular flexibility index (Phi) is 3.72. The van der Waals surface area contributed by atoms with Crippen LogP contribution in [0.2, 0.25) is 0 Å². The molecular weight excluding hydrogens is 226 g/mol. The van der Waals surface area contributed by atoms with Gasteiger partial charge in [-0.2, -0.15) is 0 Å². The predicted octanol–water partition coefficient (Wildman–Crippen LogP) is 3.16. The minimum Gasteiger partial charge on any atom is -0.497 e. The lowest BCUT2D eigenvalue weighted by Crippen LogP contribution is -1.97. The Labute approximate surface area is 107 Å². The molecular formula is C15H17NO2. The molecule has 0 saturated heterocycles. The molecule has 2 aromatic rings. The summed E-state index contributed by atoms with van der Waals surface area (Å²) in [4.78, 5) is 0. The minimum atomic E-state index is 0.521. The molecule has 18 heavy (non-hydrogen) atoms. The van der Waals surface area contributed by atoms with Crippen molar-refractivity contribution in [3.8, 4) is 11.5 Å². The van der Waals surface area contributed by atoms with E-state index in [1.165, 1.54) is 0 Å². The summed E-state index contributed by atoms with van der Waals surface area (Å²) in [6.45, 7) is 2.52. The fraction of sp³-hybridized carbons (Fsp3) is 0.200. The molecule has 2 rings (SSSR count). The van der Waals surface area contributed by atoms with Crippen LogP contribution < -0.4 is 15.2 Å². The zero-order valence-electron chi connectivity index (χ0n) is 10.6. The fourth-order valence-electron chi connectivity index (χ4n) is 1.75. The fourth-order valence-corrected chi connectivity index (χ4v) is 1.75. The van der Waals surface area contributed by atoms with Crippen molar-refractivity contribution in [2.75, 3.05) is 12.8 Å². The molecule has 3 heteroatoms. The monoisotopic (exact) mass is 243 g/mol. The maximum absolute atomic E-state index is 5.77. The maximum atomic E-state index is 5.77. The van der Waals surface area contributed by atoms with Gasteiger partial charge < -0.3 is 15.2 Å². The van der Waals surface area contributed by atoms with Gasteiger partial charge >= 0.3 is 0 Å².